The van der Waals surface area contributed by atoms with Gasteiger partial charge in [0.05, 0.1) is 6.33 Å². The van der Waals surface area contributed by atoms with Gasteiger partial charge in [0, 0.05) is 0 Å². The van der Waals surface area contributed by atoms with E-state index in [1.807, 2.05) is 0 Å². The summed E-state index contributed by atoms with van der Waals surface area (Å²) >= 11 is 0. The molecule has 1 aliphatic heterocycles. The van der Waals surface area contributed by atoms with Gasteiger partial charge in [-0.05, 0) is 0 Å². The Morgan fingerprint density at radius 2 is 1.88 bits per heavy atom. The number of hydrogen-bond donors (Lipinski definition) is 8. The highest BCUT2D eigenvalue weighted by molar-refractivity contribution is 7.66. The summed E-state index contributed by atoms with van der Waals surface area (Å²) in [4.78, 5) is 57.1. The molecule has 2 aromatic heterocycles. The van der Waals surface area contributed by atoms with Crippen LogP contribution in [0.1, 0.15) is 6.23 Å². The topological polar surface area (TPSA) is 305 Å². The number of anilines is 1. The number of rotatable bonds is 8. The van der Waals surface area contributed by atoms with Crippen molar-refractivity contribution in [3.63, 3.8) is 0 Å². The van der Waals surface area contributed by atoms with Crippen LogP contribution in [-0.4, -0.2) is 68.8 Å². The van der Waals surface area contributed by atoms with Crippen molar-refractivity contribution in [3.8, 4) is 0 Å². The van der Waals surface area contributed by atoms with Crippen molar-refractivity contribution >= 4 is 40.6 Å². The van der Waals surface area contributed by atoms with Crippen LogP contribution in [0, 0.1) is 0 Å². The van der Waals surface area contributed by atoms with Gasteiger partial charge in [0.2, 0.25) is 5.95 Å². The summed E-state index contributed by atoms with van der Waals surface area (Å²) in [6, 6.07) is 0. The highest BCUT2D eigenvalue weighted by atomic mass is 31.3. The van der Waals surface area contributed by atoms with E-state index in [0.29, 0.717) is 0 Å². The summed E-state index contributed by atoms with van der Waals surface area (Å²) in [7, 11) is -17.1. The smallest absolute Gasteiger partial charge is 0.385 e. The lowest BCUT2D eigenvalue weighted by atomic mass is 10.1. The number of phosphoric acid groups is 3. The molecule has 3 rings (SSSR count). The second kappa shape index (κ2) is 8.54. The minimum absolute atomic E-state index is 0.256. The third kappa shape index (κ3) is 5.72. The predicted molar refractivity (Wildman–Crippen MR) is 100 cm³/mol. The number of alkyl halides is 1. The number of ether oxygens (including phenoxy) is 1. The van der Waals surface area contributed by atoms with Crippen molar-refractivity contribution in [2.75, 3.05) is 12.3 Å². The van der Waals surface area contributed by atoms with E-state index in [2.05, 4.69) is 28.1 Å². The molecule has 0 bridgehead atoms. The number of nitrogens with one attached hydrogen (secondary N) is 1. The minimum atomic E-state index is -5.82. The molecule has 3 heterocycles. The first-order valence-electron chi connectivity index (χ1n) is 8.22. The number of aliphatic hydroxyl groups is 1. The molecule has 23 heteroatoms. The third-order valence-electron chi connectivity index (χ3n) is 4.01. The highest BCUT2D eigenvalue weighted by Crippen LogP contribution is 2.66. The molecule has 0 saturated carbocycles. The summed E-state index contributed by atoms with van der Waals surface area (Å²) in [5.41, 5.74) is 7.27. The van der Waals surface area contributed by atoms with Gasteiger partial charge in [-0.25, -0.2) is 23.1 Å². The van der Waals surface area contributed by atoms with Crippen molar-refractivity contribution in [2.24, 2.45) is 5.73 Å². The Hall–Kier alpha value is -1.63. The Balaban J connectivity index is 1.79. The quantitative estimate of drug-likeness (QED) is 0.167. The molecule has 0 aliphatic carbocycles. The molecule has 0 radical (unpaired) electrons. The molecule has 33 heavy (non-hydrogen) atoms. The number of hydrogen-bond acceptors (Lipinski definition) is 13. The summed E-state index contributed by atoms with van der Waals surface area (Å²) in [5, 5.41) is 10.2. The number of imidazole rings is 1. The van der Waals surface area contributed by atoms with E-state index in [4.69, 9.17) is 30.9 Å². The first-order chi connectivity index (χ1) is 14.9. The monoisotopic (exact) mass is 540 g/mol. The molecule has 2 unspecified atom stereocenters. The second-order valence-electron chi connectivity index (χ2n) is 6.49. The zero-order valence-corrected chi connectivity index (χ0v) is 18.4. The van der Waals surface area contributed by atoms with Crippen LogP contribution in [0.2, 0.25) is 0 Å². The average Bonchev–Trinajstić information content (AvgIpc) is 3.12. The molecule has 10 N–H and O–H groups in total. The molecule has 186 valence electrons. The Bertz CT molecular complexity index is 1260. The number of nitrogen functional groups attached to an aromatic ring is 1. The molecule has 0 spiro atoms. The van der Waals surface area contributed by atoms with Crippen LogP contribution in [0.4, 0.5) is 10.3 Å². The normalized spacial score (nSPS) is 29.7. The van der Waals surface area contributed by atoms with E-state index in [1.165, 1.54) is 0 Å². The third-order valence-corrected chi connectivity index (χ3v) is 7.79. The van der Waals surface area contributed by atoms with E-state index in [9.17, 15) is 32.9 Å². The number of halogens is 1. The average molecular weight is 540 g/mol. The van der Waals surface area contributed by atoms with E-state index in [1.54, 1.807) is 0 Å². The summed E-state index contributed by atoms with van der Waals surface area (Å²) in [6.07, 6.45) is -5.47. The zero-order chi connectivity index (χ0) is 25.0. The molecule has 19 nitrogen and oxygen atoms in total. The van der Waals surface area contributed by atoms with E-state index >= 15 is 0 Å². The fraction of sp³-hybridized carbons (Fsp3) is 0.500. The maximum atomic E-state index is 14.8. The van der Waals surface area contributed by atoms with Gasteiger partial charge in [-0.15, -0.1) is 0 Å². The number of nitrogens with two attached hydrogens (primary N) is 2. The van der Waals surface area contributed by atoms with Crippen molar-refractivity contribution < 1.29 is 60.6 Å². The Labute approximate surface area is 180 Å². The largest absolute Gasteiger partial charge is 0.490 e. The van der Waals surface area contributed by atoms with Gasteiger partial charge in [0.25, 0.3) is 5.56 Å². The molecular formula is C10H16FN6O13P3. The molecule has 6 atom stereocenters. The molecule has 0 aromatic carbocycles. The summed E-state index contributed by atoms with van der Waals surface area (Å²) in [6.45, 7) is -1.35. The number of fused-ring (bicyclic) bond motifs is 1. The molecule has 1 aliphatic rings. The van der Waals surface area contributed by atoms with Gasteiger partial charge in [-0.1, -0.05) is 0 Å². The molecular weight excluding hydrogens is 524 g/mol. The molecule has 0 amide bonds. The fourth-order valence-electron chi connectivity index (χ4n) is 2.73. The molecule has 1 fully saturated rings. The Morgan fingerprint density at radius 3 is 2.48 bits per heavy atom. The van der Waals surface area contributed by atoms with Crippen LogP contribution in [0.25, 0.3) is 11.2 Å². The standard InChI is InChI=1S/C10H16FN6O13P3/c11-3-5(18)10(13,1-27-32(23,24)30-33(25,26)29-31(20,21)22)28-8(3)17-2-14-4-6(17)15-9(12)16-7(4)19/h2-3,5,8,18H,1,13H2,(H,23,24)(H,25,26)(H2,20,21,22)(H3,12,15,16,19)/t3-,5+,8-,10-/m1/s1. The highest BCUT2D eigenvalue weighted by Gasteiger charge is 2.56. The van der Waals surface area contributed by atoms with E-state index < -0.39 is 59.9 Å². The van der Waals surface area contributed by atoms with Crippen LogP contribution in [0.3, 0.4) is 0 Å². The predicted octanol–water partition coefficient (Wildman–Crippen LogP) is -2.07. The van der Waals surface area contributed by atoms with Crippen LogP contribution < -0.4 is 17.0 Å². The van der Waals surface area contributed by atoms with E-state index in [-0.39, 0.29) is 17.1 Å². The molecule has 2 aromatic rings. The second-order valence-corrected chi connectivity index (χ2v) is 10.9. The number of aliphatic hydroxyl groups excluding tert-OH is 1. The van der Waals surface area contributed by atoms with Gasteiger partial charge in [0.1, 0.15) is 12.7 Å². The van der Waals surface area contributed by atoms with Gasteiger partial charge in [-0.3, -0.25) is 24.6 Å². The Kier molecular flexibility index (Phi) is 6.73. The lowest BCUT2D eigenvalue weighted by molar-refractivity contribution is -0.121. The van der Waals surface area contributed by atoms with Crippen molar-refractivity contribution in [3.05, 3.63) is 16.7 Å². The minimum Gasteiger partial charge on any atom is -0.385 e. The van der Waals surface area contributed by atoms with Crippen LogP contribution in [0.15, 0.2) is 11.1 Å². The first-order valence-corrected chi connectivity index (χ1v) is 12.7. The first kappa shape index (κ1) is 26.0. The lowest BCUT2D eigenvalue weighted by Crippen LogP contribution is -2.54. The van der Waals surface area contributed by atoms with Crippen molar-refractivity contribution in [1.29, 1.82) is 0 Å². The number of nitrogens with zero attached hydrogens (tertiary/aromatic N) is 3. The number of aromatic nitrogens is 4. The number of H-pyrrole nitrogens is 1. The van der Waals surface area contributed by atoms with Gasteiger partial charge in [0.15, 0.2) is 29.3 Å². The van der Waals surface area contributed by atoms with Crippen molar-refractivity contribution in [2.45, 2.75) is 24.2 Å². The van der Waals surface area contributed by atoms with Gasteiger partial charge in [-0.2, -0.15) is 13.6 Å². The summed E-state index contributed by atoms with van der Waals surface area (Å²) < 4.78 is 66.0. The Morgan fingerprint density at radius 1 is 1.24 bits per heavy atom. The van der Waals surface area contributed by atoms with Gasteiger partial charge < -0.3 is 35.2 Å². The lowest BCUT2D eigenvalue weighted by Gasteiger charge is -2.27. The van der Waals surface area contributed by atoms with Crippen LogP contribution in [0.5, 0.6) is 0 Å². The van der Waals surface area contributed by atoms with Gasteiger partial charge >= 0.3 is 23.5 Å². The van der Waals surface area contributed by atoms with Crippen LogP contribution >= 0.6 is 23.5 Å². The SMILES string of the molecule is Nc1nc2c(ncn2[C@@H]2O[C@](N)(COP(=O)(O)OP(=O)(O)OP(=O)(O)O)[C@@H](O)[C@H]2F)c(=O)[nH]1. The number of phosphoric ester groups is 1. The van der Waals surface area contributed by atoms with E-state index in [0.717, 1.165) is 10.9 Å². The number of aromatic amines is 1. The maximum absolute atomic E-state index is 14.8. The molecule has 1 saturated heterocycles. The maximum Gasteiger partial charge on any atom is 0.490 e. The fourth-order valence-corrected chi connectivity index (χ4v) is 5.79. The van der Waals surface area contributed by atoms with Crippen LogP contribution in [-0.2, 0) is 31.6 Å². The summed E-state index contributed by atoms with van der Waals surface area (Å²) in [5.74, 6) is -0.352. The zero-order valence-electron chi connectivity index (χ0n) is 15.7. The van der Waals surface area contributed by atoms with Crippen molar-refractivity contribution in [1.82, 2.24) is 19.5 Å².